The molecule has 1 fully saturated rings. The van der Waals surface area contributed by atoms with E-state index in [0.29, 0.717) is 17.2 Å². The Labute approximate surface area is 215 Å². The van der Waals surface area contributed by atoms with Crippen LogP contribution in [0.4, 0.5) is 0 Å². The van der Waals surface area contributed by atoms with Gasteiger partial charge in [0.1, 0.15) is 0 Å². The fourth-order valence-corrected chi connectivity index (χ4v) is 6.45. The third-order valence-electron chi connectivity index (χ3n) is 7.05. The summed E-state index contributed by atoms with van der Waals surface area (Å²) >= 11 is 1.73. The predicted octanol–water partition coefficient (Wildman–Crippen LogP) is 3.76. The Morgan fingerprint density at radius 2 is 1.89 bits per heavy atom. The van der Waals surface area contributed by atoms with Gasteiger partial charge in [0.2, 0.25) is 11.7 Å². The Morgan fingerprint density at radius 1 is 1.14 bits per heavy atom. The van der Waals surface area contributed by atoms with Crippen molar-refractivity contribution in [2.45, 2.75) is 38.5 Å². The van der Waals surface area contributed by atoms with Gasteiger partial charge in [-0.25, -0.2) is 10.4 Å². The topological polar surface area (TPSA) is 89.7 Å². The number of methoxy groups -OCH3 is 3. The molecule has 0 saturated carbocycles. The van der Waals surface area contributed by atoms with Crippen molar-refractivity contribution in [1.29, 1.82) is 0 Å². The molecule has 2 aromatic heterocycles. The van der Waals surface area contributed by atoms with Gasteiger partial charge < -0.3 is 19.1 Å². The van der Waals surface area contributed by atoms with Crippen molar-refractivity contribution in [1.82, 2.24) is 19.7 Å². The standard InChI is InChI=1S/C26H33N5O4S/c1-30-11-7-8-16(15-30)25(32)29-27-14-19-23(17-12-20(33-2)24(35-4)21(13-17)34-3)28-26-31(19)18-9-5-6-10-22(18)36-26/h12-14,16H,5-11,15H2,1-4H3,(H,29,32)/b27-14+. The van der Waals surface area contributed by atoms with Crippen molar-refractivity contribution in [2.75, 3.05) is 41.5 Å². The van der Waals surface area contributed by atoms with E-state index in [4.69, 9.17) is 19.2 Å². The fraction of sp³-hybridized carbons (Fsp3) is 0.500. The van der Waals surface area contributed by atoms with Gasteiger partial charge in [0.25, 0.3) is 0 Å². The Morgan fingerprint density at radius 3 is 2.58 bits per heavy atom. The number of likely N-dealkylation sites (tertiary alicyclic amines) is 1. The lowest BCUT2D eigenvalue weighted by atomic mass is 9.98. The number of thiazole rings is 1. The summed E-state index contributed by atoms with van der Waals surface area (Å²) in [6, 6.07) is 3.79. The Bertz CT molecular complexity index is 1270. The zero-order valence-corrected chi connectivity index (χ0v) is 22.1. The van der Waals surface area contributed by atoms with Crippen LogP contribution in [0.1, 0.15) is 41.9 Å². The number of aromatic nitrogens is 2. The van der Waals surface area contributed by atoms with Gasteiger partial charge in [-0.1, -0.05) is 0 Å². The van der Waals surface area contributed by atoms with Crippen molar-refractivity contribution in [2.24, 2.45) is 11.0 Å². The van der Waals surface area contributed by atoms with E-state index in [9.17, 15) is 4.79 Å². The minimum atomic E-state index is -0.0464. The number of hydrogen-bond acceptors (Lipinski definition) is 8. The van der Waals surface area contributed by atoms with E-state index in [1.54, 1.807) is 38.9 Å². The fourth-order valence-electron chi connectivity index (χ4n) is 5.24. The van der Waals surface area contributed by atoms with Gasteiger partial charge in [-0.05, 0) is 64.3 Å². The summed E-state index contributed by atoms with van der Waals surface area (Å²) in [5, 5.41) is 4.41. The highest BCUT2D eigenvalue weighted by Crippen LogP contribution is 2.42. The molecule has 1 aliphatic carbocycles. The molecule has 1 unspecified atom stereocenters. The number of aryl methyl sites for hydroxylation is 2. The highest BCUT2D eigenvalue weighted by Gasteiger charge is 2.26. The van der Waals surface area contributed by atoms with Crippen LogP contribution in [0.3, 0.4) is 0 Å². The van der Waals surface area contributed by atoms with Crippen LogP contribution in [0, 0.1) is 5.92 Å². The molecule has 2 aliphatic rings. The van der Waals surface area contributed by atoms with E-state index in [-0.39, 0.29) is 11.8 Å². The number of hydrazone groups is 1. The van der Waals surface area contributed by atoms with Crippen molar-refractivity contribution in [3.8, 4) is 28.5 Å². The molecule has 1 aromatic carbocycles. The van der Waals surface area contributed by atoms with Crippen molar-refractivity contribution in [3.05, 3.63) is 28.4 Å². The normalized spacial score (nSPS) is 18.4. The molecule has 1 N–H and O–H groups in total. The molecule has 5 rings (SSSR count). The summed E-state index contributed by atoms with van der Waals surface area (Å²) in [4.78, 5) is 22.3. The zero-order chi connectivity index (χ0) is 25.2. The van der Waals surface area contributed by atoms with Gasteiger partial charge in [-0.15, -0.1) is 11.3 Å². The maximum atomic E-state index is 12.8. The molecule has 3 aromatic rings. The summed E-state index contributed by atoms with van der Waals surface area (Å²) < 4.78 is 18.9. The number of hydrogen-bond donors (Lipinski definition) is 1. The molecule has 36 heavy (non-hydrogen) atoms. The zero-order valence-electron chi connectivity index (χ0n) is 21.3. The van der Waals surface area contributed by atoms with Crippen LogP contribution in [0.5, 0.6) is 17.2 Å². The Kier molecular flexibility index (Phi) is 7.15. The first kappa shape index (κ1) is 24.6. The summed E-state index contributed by atoms with van der Waals surface area (Å²) in [6.07, 6.45) is 8.06. The Hall–Kier alpha value is -3.11. The molecular formula is C26H33N5O4S. The number of ether oxygens (including phenoxy) is 3. The van der Waals surface area contributed by atoms with Crippen LogP contribution < -0.4 is 19.6 Å². The lowest BCUT2D eigenvalue weighted by Gasteiger charge is -2.28. The summed E-state index contributed by atoms with van der Waals surface area (Å²) in [7, 11) is 6.84. The molecule has 0 radical (unpaired) electrons. The molecule has 1 atom stereocenters. The number of fused-ring (bicyclic) bond motifs is 3. The number of nitrogens with one attached hydrogen (secondary N) is 1. The van der Waals surface area contributed by atoms with Crippen LogP contribution in [-0.4, -0.2) is 67.9 Å². The molecule has 1 saturated heterocycles. The van der Waals surface area contributed by atoms with Crippen LogP contribution >= 0.6 is 11.3 Å². The van der Waals surface area contributed by atoms with Crippen LogP contribution in [-0.2, 0) is 17.6 Å². The smallest absolute Gasteiger partial charge is 0.244 e. The minimum absolute atomic E-state index is 0.0414. The SMILES string of the molecule is COc1cc(-c2nc3sc4c(n3c2/C=N/NC(=O)C2CCCN(C)C2)CCCC4)cc(OC)c1OC. The van der Waals surface area contributed by atoms with Gasteiger partial charge >= 0.3 is 0 Å². The van der Waals surface area contributed by atoms with Crippen LogP contribution in [0.15, 0.2) is 17.2 Å². The van der Waals surface area contributed by atoms with Crippen molar-refractivity contribution >= 4 is 28.4 Å². The second-order valence-corrected chi connectivity index (χ2v) is 10.5. The van der Waals surface area contributed by atoms with E-state index in [1.165, 1.54) is 17.0 Å². The first-order valence-corrected chi connectivity index (χ1v) is 13.2. The molecule has 3 heterocycles. The third kappa shape index (κ3) is 4.55. The van der Waals surface area contributed by atoms with Crippen molar-refractivity contribution < 1.29 is 19.0 Å². The number of imidazole rings is 1. The monoisotopic (exact) mass is 511 g/mol. The van der Waals surface area contributed by atoms with Gasteiger partial charge in [-0.3, -0.25) is 9.20 Å². The lowest BCUT2D eigenvalue weighted by molar-refractivity contribution is -0.126. The average Bonchev–Trinajstić information content (AvgIpc) is 3.44. The molecule has 192 valence electrons. The lowest BCUT2D eigenvalue weighted by Crippen LogP contribution is -2.40. The first-order chi connectivity index (χ1) is 17.5. The third-order valence-corrected chi connectivity index (χ3v) is 8.19. The molecule has 0 bridgehead atoms. The van der Waals surface area contributed by atoms with E-state index in [1.807, 2.05) is 12.1 Å². The Balaban J connectivity index is 1.55. The molecule has 0 spiro atoms. The van der Waals surface area contributed by atoms with Crippen LogP contribution in [0.25, 0.3) is 16.2 Å². The van der Waals surface area contributed by atoms with E-state index < -0.39 is 0 Å². The predicted molar refractivity (Wildman–Crippen MR) is 141 cm³/mol. The summed E-state index contributed by atoms with van der Waals surface area (Å²) in [5.74, 6) is 1.56. The maximum Gasteiger partial charge on any atom is 0.244 e. The number of piperidine rings is 1. The molecule has 1 amide bonds. The molecule has 10 heteroatoms. The highest BCUT2D eigenvalue weighted by atomic mass is 32.1. The summed E-state index contributed by atoms with van der Waals surface area (Å²) in [5.41, 5.74) is 6.49. The molecule has 9 nitrogen and oxygen atoms in total. The number of rotatable bonds is 7. The number of carbonyl (C=O) groups is 1. The van der Waals surface area contributed by atoms with Crippen LogP contribution in [0.2, 0.25) is 0 Å². The second-order valence-electron chi connectivity index (χ2n) is 9.39. The molecule has 1 aliphatic heterocycles. The van der Waals surface area contributed by atoms with E-state index in [2.05, 4.69) is 26.9 Å². The maximum absolute atomic E-state index is 12.8. The van der Waals surface area contributed by atoms with Gasteiger partial charge in [-0.2, -0.15) is 5.10 Å². The van der Waals surface area contributed by atoms with Gasteiger partial charge in [0.15, 0.2) is 16.5 Å². The molecular weight excluding hydrogens is 478 g/mol. The quantitative estimate of drug-likeness (QED) is 0.384. The number of benzene rings is 1. The number of amides is 1. The number of carbonyl (C=O) groups excluding carboxylic acids is 1. The van der Waals surface area contributed by atoms with Crippen molar-refractivity contribution in [3.63, 3.8) is 0 Å². The number of nitrogens with zero attached hydrogens (tertiary/aromatic N) is 4. The highest BCUT2D eigenvalue weighted by molar-refractivity contribution is 7.17. The van der Waals surface area contributed by atoms with Gasteiger partial charge in [0, 0.05) is 22.7 Å². The summed E-state index contributed by atoms with van der Waals surface area (Å²) in [6.45, 7) is 1.79. The van der Waals surface area contributed by atoms with Gasteiger partial charge in [0.05, 0.1) is 44.8 Å². The largest absolute Gasteiger partial charge is 0.493 e. The second kappa shape index (κ2) is 10.5. The average molecular weight is 512 g/mol. The minimum Gasteiger partial charge on any atom is -0.493 e. The van der Waals surface area contributed by atoms with E-state index >= 15 is 0 Å². The first-order valence-electron chi connectivity index (χ1n) is 12.4. The van der Waals surface area contributed by atoms with E-state index in [0.717, 1.165) is 67.1 Å².